The molecule has 1 aliphatic rings. The van der Waals surface area contributed by atoms with Crippen LogP contribution < -0.4 is 0 Å². The van der Waals surface area contributed by atoms with Crippen LogP contribution in [-0.4, -0.2) is 51.5 Å². The number of aliphatic hydroxyl groups excluding tert-OH is 2. The Morgan fingerprint density at radius 2 is 2.00 bits per heavy atom. The first-order chi connectivity index (χ1) is 11.0. The second-order valence-electron chi connectivity index (χ2n) is 5.70. The van der Waals surface area contributed by atoms with Crippen LogP contribution in [0.25, 0.3) is 11.3 Å². The Balaban J connectivity index is 1.77. The summed E-state index contributed by atoms with van der Waals surface area (Å²) in [5, 5.41) is 23.2. The van der Waals surface area contributed by atoms with Crippen LogP contribution in [0.2, 0.25) is 0 Å². The minimum Gasteiger partial charge on any atom is -0.390 e. The van der Waals surface area contributed by atoms with E-state index in [9.17, 15) is 19.4 Å². The number of hydrogen-bond donors (Lipinski definition) is 2. The number of carbonyl (C=O) groups is 1. The lowest BCUT2D eigenvalue weighted by atomic mass is 10.1. The summed E-state index contributed by atoms with van der Waals surface area (Å²) in [5.41, 5.74) is 0.706. The third-order valence-corrected chi connectivity index (χ3v) is 4.22. The van der Waals surface area contributed by atoms with Gasteiger partial charge in [-0.05, 0) is 37.1 Å². The molecule has 3 rings (SSSR count). The van der Waals surface area contributed by atoms with Gasteiger partial charge in [0.15, 0.2) is 11.5 Å². The zero-order valence-electron chi connectivity index (χ0n) is 12.5. The van der Waals surface area contributed by atoms with Crippen LogP contribution in [0, 0.1) is 5.82 Å². The minimum absolute atomic E-state index is 0.0976. The number of rotatable bonds is 3. The van der Waals surface area contributed by atoms with Gasteiger partial charge in [0.2, 0.25) is 0 Å². The monoisotopic (exact) mass is 320 g/mol. The molecule has 1 amide bonds. The van der Waals surface area contributed by atoms with E-state index < -0.39 is 24.2 Å². The predicted octanol–water partition coefficient (Wildman–Crippen LogP) is 1.44. The lowest BCUT2D eigenvalue weighted by Crippen LogP contribution is -2.44. The molecule has 1 heterocycles. The third-order valence-electron chi connectivity index (χ3n) is 4.22. The molecule has 1 saturated carbocycles. The molecule has 122 valence electrons. The van der Waals surface area contributed by atoms with E-state index in [4.69, 9.17) is 4.52 Å². The summed E-state index contributed by atoms with van der Waals surface area (Å²) in [5.74, 6) is -0.410. The first-order valence-electron chi connectivity index (χ1n) is 7.33. The van der Waals surface area contributed by atoms with Crippen molar-refractivity contribution >= 4 is 5.91 Å². The van der Waals surface area contributed by atoms with E-state index >= 15 is 0 Å². The highest BCUT2D eigenvalue weighted by Crippen LogP contribution is 2.26. The molecule has 2 N–H and O–H groups in total. The number of halogens is 1. The zero-order valence-corrected chi connectivity index (χ0v) is 12.5. The van der Waals surface area contributed by atoms with Crippen molar-refractivity contribution in [2.75, 3.05) is 7.05 Å². The summed E-state index contributed by atoms with van der Waals surface area (Å²) in [7, 11) is 1.56. The predicted molar refractivity (Wildman–Crippen MR) is 79.0 cm³/mol. The van der Waals surface area contributed by atoms with Crippen molar-refractivity contribution in [1.82, 2.24) is 10.1 Å². The molecular formula is C16H17FN2O4. The maximum atomic E-state index is 12.9. The molecule has 7 heteroatoms. The Labute approximate surface area is 132 Å². The number of carbonyl (C=O) groups excluding carboxylic acids is 1. The Hall–Kier alpha value is -2.25. The van der Waals surface area contributed by atoms with E-state index in [-0.39, 0.29) is 11.5 Å². The number of hydrogen-bond acceptors (Lipinski definition) is 5. The molecule has 1 aromatic carbocycles. The van der Waals surface area contributed by atoms with Crippen molar-refractivity contribution in [2.45, 2.75) is 31.1 Å². The van der Waals surface area contributed by atoms with Crippen LogP contribution in [0.5, 0.6) is 0 Å². The smallest absolute Gasteiger partial charge is 0.276 e. The molecule has 1 aromatic heterocycles. The largest absolute Gasteiger partial charge is 0.390 e. The van der Waals surface area contributed by atoms with Gasteiger partial charge in [-0.1, -0.05) is 5.16 Å². The third kappa shape index (κ3) is 2.97. The molecule has 0 spiro atoms. The topological polar surface area (TPSA) is 86.8 Å². The number of benzene rings is 1. The Kier molecular flexibility index (Phi) is 4.14. The van der Waals surface area contributed by atoms with Crippen molar-refractivity contribution in [3.8, 4) is 11.3 Å². The van der Waals surface area contributed by atoms with E-state index in [2.05, 4.69) is 5.16 Å². The molecule has 0 saturated heterocycles. The number of aliphatic hydroxyl groups is 2. The highest BCUT2D eigenvalue weighted by atomic mass is 19.1. The van der Waals surface area contributed by atoms with E-state index in [0.29, 0.717) is 24.2 Å². The molecule has 1 aliphatic carbocycles. The van der Waals surface area contributed by atoms with Crippen molar-refractivity contribution in [2.24, 2.45) is 0 Å². The SMILES string of the molecule is CN(C(=O)c1cc(-c2ccc(F)cc2)on1)[C@@H]1CC[C@@H](O)[C@@H]1O. The molecule has 6 nitrogen and oxygen atoms in total. The standard InChI is InChI=1S/C16H17FN2O4/c1-19(12-6-7-13(20)15(12)21)16(22)11-8-14(23-18-11)9-2-4-10(17)5-3-9/h2-5,8,12-13,15,20-21H,6-7H2,1H3/t12-,13-,15-/m1/s1. The summed E-state index contributed by atoms with van der Waals surface area (Å²) in [6, 6.07) is 6.67. The van der Waals surface area contributed by atoms with E-state index in [1.165, 1.54) is 35.2 Å². The highest BCUT2D eigenvalue weighted by Gasteiger charge is 2.38. The fraction of sp³-hybridized carbons (Fsp3) is 0.375. The normalized spacial score (nSPS) is 23.9. The second kappa shape index (κ2) is 6.10. The molecule has 1 fully saturated rings. The van der Waals surface area contributed by atoms with Crippen molar-refractivity contribution in [3.05, 3.63) is 41.8 Å². The molecule has 3 atom stereocenters. The van der Waals surface area contributed by atoms with Crippen LogP contribution in [0.3, 0.4) is 0 Å². The first-order valence-corrected chi connectivity index (χ1v) is 7.33. The summed E-state index contributed by atoms with van der Waals surface area (Å²) < 4.78 is 18.1. The lowest BCUT2D eigenvalue weighted by Gasteiger charge is -2.26. The van der Waals surface area contributed by atoms with Gasteiger partial charge in [-0.3, -0.25) is 4.79 Å². The van der Waals surface area contributed by atoms with Gasteiger partial charge >= 0.3 is 0 Å². The molecule has 0 radical (unpaired) electrons. The van der Waals surface area contributed by atoms with Gasteiger partial charge in [0, 0.05) is 18.7 Å². The summed E-state index contributed by atoms with van der Waals surface area (Å²) in [4.78, 5) is 13.8. The summed E-state index contributed by atoms with van der Waals surface area (Å²) >= 11 is 0. The Morgan fingerprint density at radius 1 is 1.30 bits per heavy atom. The van der Waals surface area contributed by atoms with Gasteiger partial charge < -0.3 is 19.6 Å². The van der Waals surface area contributed by atoms with Crippen LogP contribution in [-0.2, 0) is 0 Å². The lowest BCUT2D eigenvalue weighted by molar-refractivity contribution is 0.00632. The fourth-order valence-corrected chi connectivity index (χ4v) is 2.82. The van der Waals surface area contributed by atoms with E-state index in [1.807, 2.05) is 0 Å². The molecule has 23 heavy (non-hydrogen) atoms. The maximum Gasteiger partial charge on any atom is 0.276 e. The van der Waals surface area contributed by atoms with Crippen LogP contribution >= 0.6 is 0 Å². The van der Waals surface area contributed by atoms with Crippen molar-refractivity contribution in [3.63, 3.8) is 0 Å². The maximum absolute atomic E-state index is 12.9. The average Bonchev–Trinajstić information content (AvgIpc) is 3.15. The first kappa shape index (κ1) is 15.6. The Bertz CT molecular complexity index is 700. The van der Waals surface area contributed by atoms with E-state index in [0.717, 1.165) is 0 Å². The van der Waals surface area contributed by atoms with Crippen molar-refractivity contribution < 1.29 is 23.9 Å². The van der Waals surface area contributed by atoms with Crippen molar-refractivity contribution in [1.29, 1.82) is 0 Å². The van der Waals surface area contributed by atoms with Crippen LogP contribution in [0.1, 0.15) is 23.3 Å². The highest BCUT2D eigenvalue weighted by molar-refractivity contribution is 5.93. The van der Waals surface area contributed by atoms with Gasteiger partial charge in [-0.15, -0.1) is 0 Å². The molecule has 0 unspecified atom stereocenters. The number of nitrogens with zero attached hydrogens (tertiary/aromatic N) is 2. The molecule has 0 bridgehead atoms. The number of amides is 1. The summed E-state index contributed by atoms with van der Waals surface area (Å²) in [6.45, 7) is 0. The molecular weight excluding hydrogens is 303 g/mol. The fourth-order valence-electron chi connectivity index (χ4n) is 2.82. The zero-order chi connectivity index (χ0) is 16.6. The van der Waals surface area contributed by atoms with Gasteiger partial charge in [-0.25, -0.2) is 4.39 Å². The number of aromatic nitrogens is 1. The van der Waals surface area contributed by atoms with Gasteiger partial charge in [-0.2, -0.15) is 0 Å². The van der Waals surface area contributed by atoms with Crippen LogP contribution in [0.4, 0.5) is 4.39 Å². The average molecular weight is 320 g/mol. The van der Waals surface area contributed by atoms with Gasteiger partial charge in [0.1, 0.15) is 11.9 Å². The molecule has 0 aliphatic heterocycles. The summed E-state index contributed by atoms with van der Waals surface area (Å²) in [6.07, 6.45) is -0.814. The minimum atomic E-state index is -0.965. The van der Waals surface area contributed by atoms with Crippen LogP contribution in [0.15, 0.2) is 34.9 Å². The Morgan fingerprint density at radius 3 is 2.61 bits per heavy atom. The van der Waals surface area contributed by atoms with Gasteiger partial charge in [0.05, 0.1) is 12.1 Å². The quantitative estimate of drug-likeness (QED) is 0.893. The molecule has 2 aromatic rings. The second-order valence-corrected chi connectivity index (χ2v) is 5.70. The number of likely N-dealkylation sites (N-methyl/N-ethyl adjacent to an activating group) is 1. The van der Waals surface area contributed by atoms with Gasteiger partial charge in [0.25, 0.3) is 5.91 Å². The van der Waals surface area contributed by atoms with E-state index in [1.54, 1.807) is 7.05 Å².